The summed E-state index contributed by atoms with van der Waals surface area (Å²) in [6.45, 7) is 4.30. The highest BCUT2D eigenvalue weighted by Gasteiger charge is 2.11. The second kappa shape index (κ2) is 8.37. The Hall–Kier alpha value is -1.75. The molecular weight excluding hydrogens is 248 g/mol. The molecule has 1 unspecified atom stereocenters. The second-order valence-corrected chi connectivity index (χ2v) is 4.14. The molecule has 19 heavy (non-hydrogen) atoms. The molecule has 5 heteroatoms. The molecule has 0 radical (unpaired) electrons. The van der Waals surface area contributed by atoms with Crippen molar-refractivity contribution in [2.75, 3.05) is 20.0 Å². The van der Waals surface area contributed by atoms with Gasteiger partial charge in [0.2, 0.25) is 0 Å². The molecule has 0 fully saturated rings. The number of rotatable bonds is 8. The summed E-state index contributed by atoms with van der Waals surface area (Å²) in [7, 11) is 0. The van der Waals surface area contributed by atoms with Gasteiger partial charge in [0, 0.05) is 6.07 Å². The van der Waals surface area contributed by atoms with Gasteiger partial charge in [-0.1, -0.05) is 19.9 Å². The topological polar surface area (TPSA) is 65.0 Å². The van der Waals surface area contributed by atoms with Crippen molar-refractivity contribution in [1.29, 1.82) is 0 Å². The summed E-state index contributed by atoms with van der Waals surface area (Å²) < 4.78 is 15.4. The first-order chi connectivity index (χ1) is 9.13. The molecule has 0 saturated carbocycles. The minimum atomic E-state index is -0.208. The van der Waals surface area contributed by atoms with Gasteiger partial charge >= 0.3 is 5.97 Å². The predicted molar refractivity (Wildman–Crippen MR) is 70.0 cm³/mol. The molecule has 0 aliphatic carbocycles. The van der Waals surface area contributed by atoms with E-state index in [4.69, 9.17) is 14.2 Å². The Morgan fingerprint density at radius 3 is 2.84 bits per heavy atom. The molecular formula is C14H20O5. The summed E-state index contributed by atoms with van der Waals surface area (Å²) in [5, 5.41) is 9.21. The van der Waals surface area contributed by atoms with Crippen LogP contribution in [0.2, 0.25) is 0 Å². The van der Waals surface area contributed by atoms with Gasteiger partial charge in [-0.25, -0.2) is 0 Å². The molecule has 0 saturated heterocycles. The molecule has 1 N–H and O–H groups in total. The van der Waals surface area contributed by atoms with Crippen molar-refractivity contribution < 1.29 is 24.1 Å². The van der Waals surface area contributed by atoms with Crippen LogP contribution in [0.1, 0.15) is 20.3 Å². The number of esters is 1. The van der Waals surface area contributed by atoms with Crippen molar-refractivity contribution in [3.05, 3.63) is 24.3 Å². The fraction of sp³-hybridized carbons (Fsp3) is 0.500. The van der Waals surface area contributed by atoms with Gasteiger partial charge in [-0.15, -0.1) is 0 Å². The third-order valence-corrected chi connectivity index (χ3v) is 2.61. The van der Waals surface area contributed by atoms with Crippen LogP contribution in [0.25, 0.3) is 0 Å². The first-order valence-corrected chi connectivity index (χ1v) is 6.29. The Labute approximate surface area is 113 Å². The lowest BCUT2D eigenvalue weighted by Gasteiger charge is -2.10. The van der Waals surface area contributed by atoms with Crippen molar-refractivity contribution in [3.63, 3.8) is 0 Å². The minimum absolute atomic E-state index is 0.0460. The van der Waals surface area contributed by atoms with Crippen LogP contribution < -0.4 is 4.74 Å². The number of phenolic OH excluding ortho intramolecular Hbond substituents is 1. The molecule has 1 aromatic rings. The molecule has 1 atom stereocenters. The number of hydrogen-bond acceptors (Lipinski definition) is 5. The molecule has 0 aliphatic rings. The summed E-state index contributed by atoms with van der Waals surface area (Å²) in [5.74, 6) is 0.375. The van der Waals surface area contributed by atoms with Gasteiger partial charge in [0.05, 0.1) is 12.5 Å². The van der Waals surface area contributed by atoms with E-state index < -0.39 is 0 Å². The van der Waals surface area contributed by atoms with Gasteiger partial charge in [0.15, 0.2) is 6.79 Å². The number of hydrogen-bond donors (Lipinski definition) is 1. The van der Waals surface area contributed by atoms with Crippen LogP contribution in [0.4, 0.5) is 0 Å². The molecule has 1 aromatic carbocycles. The maximum absolute atomic E-state index is 11.3. The maximum Gasteiger partial charge on any atom is 0.308 e. The fourth-order valence-electron chi connectivity index (χ4n) is 1.25. The van der Waals surface area contributed by atoms with Crippen LogP contribution in [0, 0.1) is 5.92 Å². The zero-order valence-corrected chi connectivity index (χ0v) is 11.3. The van der Waals surface area contributed by atoms with Crippen molar-refractivity contribution in [1.82, 2.24) is 0 Å². The Bertz CT molecular complexity index is 391. The molecule has 106 valence electrons. The SMILES string of the molecule is CCC(C)C(=O)OCCOCOc1cccc(O)c1. The lowest BCUT2D eigenvalue weighted by Crippen LogP contribution is -2.17. The highest BCUT2D eigenvalue weighted by molar-refractivity contribution is 5.71. The molecule has 0 spiro atoms. The smallest absolute Gasteiger partial charge is 0.308 e. The van der Waals surface area contributed by atoms with Crippen LogP contribution in [0.15, 0.2) is 24.3 Å². The van der Waals surface area contributed by atoms with Crippen LogP contribution >= 0.6 is 0 Å². The number of ether oxygens (including phenoxy) is 3. The Morgan fingerprint density at radius 1 is 1.37 bits per heavy atom. The van der Waals surface area contributed by atoms with Gasteiger partial charge in [0.25, 0.3) is 0 Å². The van der Waals surface area contributed by atoms with E-state index in [1.807, 2.05) is 13.8 Å². The lowest BCUT2D eigenvalue weighted by molar-refractivity contribution is -0.150. The molecule has 0 bridgehead atoms. The minimum Gasteiger partial charge on any atom is -0.508 e. The normalized spacial score (nSPS) is 11.9. The van der Waals surface area contributed by atoms with Gasteiger partial charge in [-0.3, -0.25) is 4.79 Å². The van der Waals surface area contributed by atoms with Gasteiger partial charge < -0.3 is 19.3 Å². The zero-order chi connectivity index (χ0) is 14.1. The first-order valence-electron chi connectivity index (χ1n) is 6.29. The Balaban J connectivity index is 2.07. The number of benzene rings is 1. The van der Waals surface area contributed by atoms with Gasteiger partial charge in [-0.05, 0) is 18.6 Å². The highest BCUT2D eigenvalue weighted by atomic mass is 16.7. The number of carbonyl (C=O) groups is 1. The number of phenols is 1. The monoisotopic (exact) mass is 268 g/mol. The van der Waals surface area contributed by atoms with E-state index in [0.717, 1.165) is 6.42 Å². The fourth-order valence-corrected chi connectivity index (χ4v) is 1.25. The average molecular weight is 268 g/mol. The molecule has 1 rings (SSSR count). The quantitative estimate of drug-likeness (QED) is 0.445. The maximum atomic E-state index is 11.3. The second-order valence-electron chi connectivity index (χ2n) is 4.14. The summed E-state index contributed by atoms with van der Waals surface area (Å²) in [6, 6.07) is 6.44. The molecule has 0 aromatic heterocycles. The predicted octanol–water partition coefficient (Wildman–Crippen LogP) is 2.33. The number of carbonyl (C=O) groups excluding carboxylic acids is 1. The van der Waals surface area contributed by atoms with Crippen LogP contribution in [-0.2, 0) is 14.3 Å². The summed E-state index contributed by atoms with van der Waals surface area (Å²) in [4.78, 5) is 11.3. The standard InChI is InChI=1S/C14H20O5/c1-3-11(2)14(16)18-8-7-17-10-19-13-6-4-5-12(15)9-13/h4-6,9,11,15H,3,7-8,10H2,1-2H3. The zero-order valence-electron chi connectivity index (χ0n) is 11.3. The largest absolute Gasteiger partial charge is 0.508 e. The highest BCUT2D eigenvalue weighted by Crippen LogP contribution is 2.17. The molecule has 0 amide bonds. The van der Waals surface area contributed by atoms with E-state index in [9.17, 15) is 9.90 Å². The summed E-state index contributed by atoms with van der Waals surface area (Å²) in [6.07, 6.45) is 0.764. The third kappa shape index (κ3) is 6.10. The summed E-state index contributed by atoms with van der Waals surface area (Å²) in [5.41, 5.74) is 0. The van der Waals surface area contributed by atoms with E-state index in [1.165, 1.54) is 6.07 Å². The number of aromatic hydroxyl groups is 1. The average Bonchev–Trinajstić information content (AvgIpc) is 2.41. The van der Waals surface area contributed by atoms with Crippen molar-refractivity contribution in [2.45, 2.75) is 20.3 Å². The van der Waals surface area contributed by atoms with E-state index in [2.05, 4.69) is 0 Å². The van der Waals surface area contributed by atoms with Crippen molar-refractivity contribution in [3.8, 4) is 11.5 Å². The van der Waals surface area contributed by atoms with E-state index >= 15 is 0 Å². The Kier molecular flexibility index (Phi) is 6.74. The van der Waals surface area contributed by atoms with Crippen LogP contribution in [-0.4, -0.2) is 31.1 Å². The van der Waals surface area contributed by atoms with E-state index in [1.54, 1.807) is 18.2 Å². The van der Waals surface area contributed by atoms with Crippen molar-refractivity contribution >= 4 is 5.97 Å². The van der Waals surface area contributed by atoms with Crippen LogP contribution in [0.3, 0.4) is 0 Å². The van der Waals surface area contributed by atoms with E-state index in [-0.39, 0.29) is 37.6 Å². The summed E-state index contributed by atoms with van der Waals surface area (Å²) >= 11 is 0. The molecule has 0 heterocycles. The molecule has 0 aliphatic heterocycles. The molecule has 5 nitrogen and oxygen atoms in total. The third-order valence-electron chi connectivity index (χ3n) is 2.61. The lowest BCUT2D eigenvalue weighted by atomic mass is 10.1. The van der Waals surface area contributed by atoms with Crippen LogP contribution in [0.5, 0.6) is 11.5 Å². The van der Waals surface area contributed by atoms with Gasteiger partial charge in [0.1, 0.15) is 18.1 Å². The Morgan fingerprint density at radius 2 is 2.16 bits per heavy atom. The van der Waals surface area contributed by atoms with E-state index in [0.29, 0.717) is 5.75 Å². The van der Waals surface area contributed by atoms with Crippen molar-refractivity contribution in [2.24, 2.45) is 5.92 Å². The van der Waals surface area contributed by atoms with Gasteiger partial charge in [-0.2, -0.15) is 0 Å². The first kappa shape index (κ1) is 15.3.